The molecule has 0 heterocycles. The number of carbonyl (C=O) groups excluding carboxylic acids is 1. The number of urea groups is 1. The molecule has 0 saturated heterocycles. The minimum Gasteiger partial charge on any atom is -0.338 e. The van der Waals surface area contributed by atoms with E-state index in [0.29, 0.717) is 12.6 Å². The smallest absolute Gasteiger partial charge is 0.315 e. The summed E-state index contributed by atoms with van der Waals surface area (Å²) >= 11 is 0. The fraction of sp³-hybridized carbons (Fsp3) is 0.462. The zero-order valence-electron chi connectivity index (χ0n) is 9.86. The molecule has 92 valence electrons. The molecule has 17 heavy (non-hydrogen) atoms. The topological polar surface area (TPSA) is 67.1 Å². The SMILES string of the molecule is NC(CCNC(=O)NC1CC1)c1ccccc1. The van der Waals surface area contributed by atoms with Crippen LogP contribution in [0.2, 0.25) is 0 Å². The number of rotatable bonds is 5. The second kappa shape index (κ2) is 5.68. The van der Waals surface area contributed by atoms with Crippen molar-refractivity contribution in [2.75, 3.05) is 6.54 Å². The van der Waals surface area contributed by atoms with Gasteiger partial charge in [-0.15, -0.1) is 0 Å². The molecule has 1 aliphatic rings. The summed E-state index contributed by atoms with van der Waals surface area (Å²) in [6, 6.07) is 10.2. The van der Waals surface area contributed by atoms with Gasteiger partial charge in [-0.3, -0.25) is 0 Å². The fourth-order valence-corrected chi connectivity index (χ4v) is 1.67. The van der Waals surface area contributed by atoms with Crippen LogP contribution in [-0.4, -0.2) is 18.6 Å². The predicted molar refractivity (Wildman–Crippen MR) is 67.5 cm³/mol. The first-order valence-corrected chi connectivity index (χ1v) is 6.10. The van der Waals surface area contributed by atoms with Gasteiger partial charge in [0.1, 0.15) is 0 Å². The standard InChI is InChI=1S/C13H19N3O/c14-12(10-4-2-1-3-5-10)8-9-15-13(17)16-11-6-7-11/h1-5,11-12H,6-9,14H2,(H2,15,16,17). The van der Waals surface area contributed by atoms with Crippen molar-refractivity contribution in [3.63, 3.8) is 0 Å². The number of nitrogens with two attached hydrogens (primary N) is 1. The summed E-state index contributed by atoms with van der Waals surface area (Å²) < 4.78 is 0. The molecular weight excluding hydrogens is 214 g/mol. The molecule has 2 amide bonds. The van der Waals surface area contributed by atoms with Crippen LogP contribution >= 0.6 is 0 Å². The summed E-state index contributed by atoms with van der Waals surface area (Å²) in [7, 11) is 0. The Hall–Kier alpha value is -1.55. The van der Waals surface area contributed by atoms with Gasteiger partial charge in [-0.2, -0.15) is 0 Å². The van der Waals surface area contributed by atoms with Crippen LogP contribution < -0.4 is 16.4 Å². The van der Waals surface area contributed by atoms with Gasteiger partial charge in [-0.05, 0) is 24.8 Å². The Morgan fingerprint density at radius 1 is 1.35 bits per heavy atom. The maximum Gasteiger partial charge on any atom is 0.315 e. The van der Waals surface area contributed by atoms with Crippen LogP contribution in [0.25, 0.3) is 0 Å². The molecule has 1 unspecified atom stereocenters. The Labute approximate surface area is 102 Å². The monoisotopic (exact) mass is 233 g/mol. The lowest BCUT2D eigenvalue weighted by Crippen LogP contribution is -2.38. The summed E-state index contributed by atoms with van der Waals surface area (Å²) in [5.74, 6) is 0. The number of carbonyl (C=O) groups is 1. The zero-order valence-corrected chi connectivity index (χ0v) is 9.86. The van der Waals surface area contributed by atoms with Crippen molar-refractivity contribution in [3.8, 4) is 0 Å². The normalized spacial score (nSPS) is 16.3. The lowest BCUT2D eigenvalue weighted by molar-refractivity contribution is 0.240. The summed E-state index contributed by atoms with van der Waals surface area (Å²) in [6.45, 7) is 0.606. The number of nitrogens with one attached hydrogen (secondary N) is 2. The van der Waals surface area contributed by atoms with Gasteiger partial charge in [0.05, 0.1) is 0 Å². The Balaban J connectivity index is 1.65. The third kappa shape index (κ3) is 4.07. The van der Waals surface area contributed by atoms with Crippen molar-refractivity contribution >= 4 is 6.03 Å². The van der Waals surface area contributed by atoms with Gasteiger partial charge in [0.25, 0.3) is 0 Å². The third-order valence-corrected chi connectivity index (χ3v) is 2.88. The molecule has 2 rings (SSSR count). The van der Waals surface area contributed by atoms with Gasteiger partial charge < -0.3 is 16.4 Å². The summed E-state index contributed by atoms with van der Waals surface area (Å²) in [4.78, 5) is 11.3. The minimum atomic E-state index is -0.0761. The molecule has 4 heteroatoms. The van der Waals surface area contributed by atoms with Gasteiger partial charge >= 0.3 is 6.03 Å². The van der Waals surface area contributed by atoms with Crippen LogP contribution in [0, 0.1) is 0 Å². The van der Waals surface area contributed by atoms with Crippen LogP contribution in [0.15, 0.2) is 30.3 Å². The van der Waals surface area contributed by atoms with Crippen molar-refractivity contribution in [1.82, 2.24) is 10.6 Å². The van der Waals surface area contributed by atoms with E-state index in [4.69, 9.17) is 5.73 Å². The third-order valence-electron chi connectivity index (χ3n) is 2.88. The van der Waals surface area contributed by atoms with E-state index < -0.39 is 0 Å². The van der Waals surface area contributed by atoms with Gasteiger partial charge in [0, 0.05) is 18.6 Å². The van der Waals surface area contributed by atoms with E-state index in [1.54, 1.807) is 0 Å². The van der Waals surface area contributed by atoms with Gasteiger partial charge in [-0.25, -0.2) is 4.79 Å². The molecule has 0 aromatic heterocycles. The highest BCUT2D eigenvalue weighted by atomic mass is 16.2. The molecule has 0 bridgehead atoms. The molecule has 1 fully saturated rings. The van der Waals surface area contributed by atoms with Gasteiger partial charge in [0.15, 0.2) is 0 Å². The molecule has 1 aliphatic carbocycles. The molecular formula is C13H19N3O. The molecule has 1 aromatic rings. The van der Waals surface area contributed by atoms with Gasteiger partial charge in [-0.1, -0.05) is 30.3 Å². The highest BCUT2D eigenvalue weighted by Crippen LogP contribution is 2.18. The van der Waals surface area contributed by atoms with Crippen LogP contribution in [0.4, 0.5) is 4.79 Å². The lowest BCUT2D eigenvalue weighted by atomic mass is 10.1. The van der Waals surface area contributed by atoms with Crippen molar-refractivity contribution in [1.29, 1.82) is 0 Å². The second-order valence-electron chi connectivity index (χ2n) is 4.48. The van der Waals surface area contributed by atoms with E-state index in [-0.39, 0.29) is 12.1 Å². The molecule has 4 nitrogen and oxygen atoms in total. The quantitative estimate of drug-likeness (QED) is 0.722. The van der Waals surface area contributed by atoms with E-state index >= 15 is 0 Å². The summed E-state index contributed by atoms with van der Waals surface area (Å²) in [6.07, 6.45) is 2.97. The molecule has 1 aromatic carbocycles. The number of amides is 2. The van der Waals surface area contributed by atoms with Crippen LogP contribution in [0.5, 0.6) is 0 Å². The molecule has 4 N–H and O–H groups in total. The van der Waals surface area contributed by atoms with Crippen LogP contribution in [0.1, 0.15) is 30.9 Å². The Morgan fingerprint density at radius 3 is 2.71 bits per heavy atom. The molecule has 0 aliphatic heterocycles. The second-order valence-corrected chi connectivity index (χ2v) is 4.48. The minimum absolute atomic E-state index is 0.0163. The van der Waals surface area contributed by atoms with Crippen molar-refractivity contribution in [2.24, 2.45) is 5.73 Å². The van der Waals surface area contributed by atoms with Crippen molar-refractivity contribution in [3.05, 3.63) is 35.9 Å². The van der Waals surface area contributed by atoms with E-state index in [2.05, 4.69) is 10.6 Å². The molecule has 1 atom stereocenters. The first-order valence-electron chi connectivity index (χ1n) is 6.10. The van der Waals surface area contributed by atoms with E-state index in [1.807, 2.05) is 30.3 Å². The zero-order chi connectivity index (χ0) is 12.1. The summed E-state index contributed by atoms with van der Waals surface area (Å²) in [5.41, 5.74) is 7.13. The number of hydrogen-bond donors (Lipinski definition) is 3. The van der Waals surface area contributed by atoms with E-state index in [0.717, 1.165) is 24.8 Å². The Bertz CT molecular complexity index is 362. The molecule has 1 saturated carbocycles. The molecule has 0 radical (unpaired) electrons. The Morgan fingerprint density at radius 2 is 2.06 bits per heavy atom. The number of hydrogen-bond acceptors (Lipinski definition) is 2. The van der Waals surface area contributed by atoms with Crippen LogP contribution in [-0.2, 0) is 0 Å². The van der Waals surface area contributed by atoms with E-state index in [1.165, 1.54) is 0 Å². The highest BCUT2D eigenvalue weighted by molar-refractivity contribution is 5.74. The highest BCUT2D eigenvalue weighted by Gasteiger charge is 2.22. The van der Waals surface area contributed by atoms with Crippen molar-refractivity contribution in [2.45, 2.75) is 31.3 Å². The maximum atomic E-state index is 11.3. The lowest BCUT2D eigenvalue weighted by Gasteiger charge is -2.12. The maximum absolute atomic E-state index is 11.3. The first-order chi connectivity index (χ1) is 8.25. The summed E-state index contributed by atoms with van der Waals surface area (Å²) in [5, 5.41) is 5.70. The largest absolute Gasteiger partial charge is 0.338 e. The predicted octanol–water partition coefficient (Wildman–Crippen LogP) is 1.54. The van der Waals surface area contributed by atoms with Gasteiger partial charge in [0.2, 0.25) is 0 Å². The fourth-order valence-electron chi connectivity index (χ4n) is 1.67. The number of benzene rings is 1. The molecule has 0 spiro atoms. The average molecular weight is 233 g/mol. The average Bonchev–Trinajstić information content (AvgIpc) is 3.14. The van der Waals surface area contributed by atoms with E-state index in [9.17, 15) is 4.79 Å². The Kier molecular flexibility index (Phi) is 3.98. The first kappa shape index (κ1) is 11.9. The van der Waals surface area contributed by atoms with Crippen LogP contribution in [0.3, 0.4) is 0 Å². The van der Waals surface area contributed by atoms with Crippen molar-refractivity contribution < 1.29 is 4.79 Å².